The molecule has 2 rings (SSSR count). The highest BCUT2D eigenvalue weighted by molar-refractivity contribution is 5.99. The van der Waals surface area contributed by atoms with Gasteiger partial charge >= 0.3 is 0 Å². The smallest absolute Gasteiger partial charge is 0.223 e. The maximum absolute atomic E-state index is 13.1. The number of amides is 1. The molecule has 108 valence electrons. The lowest BCUT2D eigenvalue weighted by atomic mass is 9.95. The van der Waals surface area contributed by atoms with Crippen molar-refractivity contribution in [2.45, 2.75) is 13.3 Å². The monoisotopic (exact) mass is 278 g/mol. The molecular weight excluding hydrogens is 259 g/mol. The van der Waals surface area contributed by atoms with E-state index in [0.29, 0.717) is 18.7 Å². The normalized spacial score (nSPS) is 16.8. The number of nitrogens with zero attached hydrogens (tertiary/aromatic N) is 1. The fourth-order valence-electron chi connectivity index (χ4n) is 2.32. The first-order valence-corrected chi connectivity index (χ1v) is 6.86. The molecule has 1 aliphatic heterocycles. The maximum atomic E-state index is 13.1. The number of rotatable bonds is 4. The Morgan fingerprint density at radius 3 is 2.70 bits per heavy atom. The van der Waals surface area contributed by atoms with Gasteiger partial charge in [-0.15, -0.1) is 0 Å². The van der Waals surface area contributed by atoms with E-state index in [4.69, 9.17) is 0 Å². The molecule has 1 fully saturated rings. The van der Waals surface area contributed by atoms with Crippen LogP contribution in [0.5, 0.6) is 0 Å². The van der Waals surface area contributed by atoms with E-state index in [-0.39, 0.29) is 18.1 Å². The summed E-state index contributed by atoms with van der Waals surface area (Å²) in [6.45, 7) is 4.66. The second-order valence-electron chi connectivity index (χ2n) is 5.11. The molecule has 1 unspecified atom stereocenters. The van der Waals surface area contributed by atoms with E-state index in [1.807, 2.05) is 0 Å². The van der Waals surface area contributed by atoms with Crippen LogP contribution in [0.3, 0.4) is 0 Å². The summed E-state index contributed by atoms with van der Waals surface area (Å²) in [4.78, 5) is 26.0. The molecular formula is C15H19FN2O2. The third-order valence-corrected chi connectivity index (χ3v) is 3.51. The van der Waals surface area contributed by atoms with E-state index >= 15 is 0 Å². The average molecular weight is 278 g/mol. The number of Topliss-reactive ketones (excluding diaryl/α,β-unsaturated/α-hetero) is 1. The average Bonchev–Trinajstić information content (AvgIpc) is 2.47. The molecule has 5 heteroatoms. The first-order valence-electron chi connectivity index (χ1n) is 6.86. The molecule has 0 aromatic heterocycles. The van der Waals surface area contributed by atoms with Gasteiger partial charge < -0.3 is 10.2 Å². The predicted molar refractivity (Wildman–Crippen MR) is 74.0 cm³/mol. The Morgan fingerprint density at radius 1 is 1.35 bits per heavy atom. The Hall–Kier alpha value is -1.75. The molecule has 0 saturated carbocycles. The van der Waals surface area contributed by atoms with Crippen LogP contribution in [0.2, 0.25) is 0 Å². The van der Waals surface area contributed by atoms with Gasteiger partial charge in [-0.1, -0.05) is 19.1 Å². The van der Waals surface area contributed by atoms with Crippen molar-refractivity contribution in [3.05, 3.63) is 35.6 Å². The van der Waals surface area contributed by atoms with Gasteiger partial charge in [0.25, 0.3) is 0 Å². The summed E-state index contributed by atoms with van der Waals surface area (Å²) in [5.74, 6) is -1.06. The number of piperazine rings is 1. The molecule has 1 heterocycles. The third kappa shape index (κ3) is 3.63. The van der Waals surface area contributed by atoms with Crippen molar-refractivity contribution in [1.29, 1.82) is 0 Å². The topological polar surface area (TPSA) is 49.4 Å². The minimum atomic E-state index is -0.434. The van der Waals surface area contributed by atoms with Gasteiger partial charge in [0, 0.05) is 44.1 Å². The molecule has 1 aromatic carbocycles. The molecule has 1 aliphatic rings. The van der Waals surface area contributed by atoms with Crippen LogP contribution >= 0.6 is 0 Å². The Morgan fingerprint density at radius 2 is 2.05 bits per heavy atom. The van der Waals surface area contributed by atoms with Crippen LogP contribution in [0.1, 0.15) is 23.7 Å². The van der Waals surface area contributed by atoms with E-state index < -0.39 is 11.7 Å². The lowest BCUT2D eigenvalue weighted by Gasteiger charge is -2.28. The van der Waals surface area contributed by atoms with E-state index in [2.05, 4.69) is 5.32 Å². The molecule has 1 amide bonds. The number of nitrogens with one attached hydrogen (secondary N) is 1. The highest BCUT2D eigenvalue weighted by Gasteiger charge is 2.23. The number of halogens is 1. The van der Waals surface area contributed by atoms with Gasteiger partial charge in [0.2, 0.25) is 5.91 Å². The van der Waals surface area contributed by atoms with Gasteiger partial charge in [-0.25, -0.2) is 4.39 Å². The van der Waals surface area contributed by atoms with Crippen LogP contribution in [0.4, 0.5) is 4.39 Å². The summed E-state index contributed by atoms with van der Waals surface area (Å²) in [5, 5.41) is 3.18. The van der Waals surface area contributed by atoms with Crippen LogP contribution < -0.4 is 5.32 Å². The maximum Gasteiger partial charge on any atom is 0.223 e. The van der Waals surface area contributed by atoms with Gasteiger partial charge in [0.15, 0.2) is 5.78 Å². The summed E-state index contributed by atoms with van der Waals surface area (Å²) in [6.07, 6.45) is 0.176. The molecule has 0 aliphatic carbocycles. The number of carbonyl (C=O) groups is 2. The lowest BCUT2D eigenvalue weighted by molar-refractivity contribution is -0.132. The van der Waals surface area contributed by atoms with Crippen molar-refractivity contribution in [2.75, 3.05) is 26.2 Å². The molecule has 1 aromatic rings. The predicted octanol–water partition coefficient (Wildman–Crippen LogP) is 1.47. The quantitative estimate of drug-likeness (QED) is 0.848. The third-order valence-electron chi connectivity index (χ3n) is 3.51. The van der Waals surface area contributed by atoms with Crippen molar-refractivity contribution >= 4 is 11.7 Å². The SMILES string of the molecule is CC(CC(=O)N1CCNCC1)C(=O)c1cccc(F)c1. The molecule has 0 bridgehead atoms. The molecule has 20 heavy (non-hydrogen) atoms. The minimum absolute atomic E-state index is 0.0104. The summed E-state index contributed by atoms with van der Waals surface area (Å²) in [6, 6.07) is 5.60. The van der Waals surface area contributed by atoms with Crippen molar-refractivity contribution in [1.82, 2.24) is 10.2 Å². The van der Waals surface area contributed by atoms with Crippen LogP contribution in [-0.2, 0) is 4.79 Å². The summed E-state index contributed by atoms with van der Waals surface area (Å²) in [5.41, 5.74) is 0.325. The molecule has 4 nitrogen and oxygen atoms in total. The number of benzene rings is 1. The molecule has 1 atom stereocenters. The van der Waals surface area contributed by atoms with Gasteiger partial charge in [-0.05, 0) is 12.1 Å². The minimum Gasteiger partial charge on any atom is -0.340 e. The zero-order chi connectivity index (χ0) is 14.5. The Bertz CT molecular complexity index is 498. The summed E-state index contributed by atoms with van der Waals surface area (Å²) in [7, 11) is 0. The van der Waals surface area contributed by atoms with Crippen LogP contribution in [0, 0.1) is 11.7 Å². The number of hydrogen-bond acceptors (Lipinski definition) is 3. The van der Waals surface area contributed by atoms with Gasteiger partial charge in [-0.2, -0.15) is 0 Å². The van der Waals surface area contributed by atoms with Crippen LogP contribution in [0.25, 0.3) is 0 Å². The molecule has 0 spiro atoms. The van der Waals surface area contributed by atoms with Crippen molar-refractivity contribution in [2.24, 2.45) is 5.92 Å². The van der Waals surface area contributed by atoms with Gasteiger partial charge in [0.1, 0.15) is 5.82 Å². The summed E-state index contributed by atoms with van der Waals surface area (Å²) < 4.78 is 13.1. The van der Waals surface area contributed by atoms with Gasteiger partial charge in [-0.3, -0.25) is 9.59 Å². The van der Waals surface area contributed by atoms with E-state index in [9.17, 15) is 14.0 Å². The fraction of sp³-hybridized carbons (Fsp3) is 0.467. The number of hydrogen-bond donors (Lipinski definition) is 1. The molecule has 1 saturated heterocycles. The van der Waals surface area contributed by atoms with E-state index in [1.54, 1.807) is 17.9 Å². The zero-order valence-electron chi connectivity index (χ0n) is 11.6. The van der Waals surface area contributed by atoms with Crippen molar-refractivity contribution in [3.8, 4) is 0 Å². The van der Waals surface area contributed by atoms with Crippen molar-refractivity contribution < 1.29 is 14.0 Å². The Balaban J connectivity index is 1.95. The molecule has 0 radical (unpaired) electrons. The van der Waals surface area contributed by atoms with E-state index in [1.165, 1.54) is 18.2 Å². The van der Waals surface area contributed by atoms with Crippen LogP contribution in [-0.4, -0.2) is 42.8 Å². The van der Waals surface area contributed by atoms with Crippen molar-refractivity contribution in [3.63, 3.8) is 0 Å². The standard InChI is InChI=1S/C15H19FN2O2/c1-11(9-14(19)18-7-5-17-6-8-18)15(20)12-3-2-4-13(16)10-12/h2-4,10-11,17H,5-9H2,1H3. The number of ketones is 1. The highest BCUT2D eigenvalue weighted by Crippen LogP contribution is 2.15. The highest BCUT2D eigenvalue weighted by atomic mass is 19.1. The van der Waals surface area contributed by atoms with Crippen LogP contribution in [0.15, 0.2) is 24.3 Å². The lowest BCUT2D eigenvalue weighted by Crippen LogP contribution is -2.47. The fourth-order valence-corrected chi connectivity index (χ4v) is 2.32. The first kappa shape index (κ1) is 14.7. The second-order valence-corrected chi connectivity index (χ2v) is 5.11. The second kappa shape index (κ2) is 6.61. The van der Waals surface area contributed by atoms with E-state index in [0.717, 1.165) is 13.1 Å². The Labute approximate surface area is 118 Å². The largest absolute Gasteiger partial charge is 0.340 e. The summed E-state index contributed by atoms with van der Waals surface area (Å²) >= 11 is 0. The zero-order valence-corrected chi connectivity index (χ0v) is 11.6. The molecule has 1 N–H and O–H groups in total. The first-order chi connectivity index (χ1) is 9.58. The Kier molecular flexibility index (Phi) is 4.84. The number of carbonyl (C=O) groups excluding carboxylic acids is 2. The van der Waals surface area contributed by atoms with Gasteiger partial charge in [0.05, 0.1) is 0 Å².